The zero-order valence-corrected chi connectivity index (χ0v) is 11.8. The fraction of sp³-hybridized carbons (Fsp3) is 0.533. The van der Waals surface area contributed by atoms with Crippen molar-refractivity contribution in [2.45, 2.75) is 52.1 Å². The van der Waals surface area contributed by atoms with Gasteiger partial charge in [-0.1, -0.05) is 31.9 Å². The van der Waals surface area contributed by atoms with E-state index in [9.17, 15) is 0 Å². The Morgan fingerprint density at radius 1 is 1.22 bits per heavy atom. The molecule has 0 unspecified atom stereocenters. The van der Waals surface area contributed by atoms with Crippen molar-refractivity contribution < 1.29 is 4.74 Å². The first kappa shape index (κ1) is 14.9. The summed E-state index contributed by atoms with van der Waals surface area (Å²) in [5.74, 6) is 0.774. The number of benzene rings is 1. The Labute approximate surface area is 115 Å². The van der Waals surface area contributed by atoms with E-state index in [1.807, 2.05) is 26.0 Å². The number of nitrogens with zero attached hydrogens (tertiary/aromatic N) is 1. The molecule has 1 fully saturated rings. The van der Waals surface area contributed by atoms with Crippen molar-refractivity contribution in [3.8, 4) is 11.8 Å². The third kappa shape index (κ3) is 4.23. The van der Waals surface area contributed by atoms with E-state index in [1.54, 1.807) is 12.1 Å². The second-order valence-electron chi connectivity index (χ2n) is 4.13. The summed E-state index contributed by atoms with van der Waals surface area (Å²) in [5, 5.41) is 9.22. The molecule has 1 saturated carbocycles. The van der Waals surface area contributed by atoms with E-state index >= 15 is 0 Å². The standard InChI is InChI=1S/C13H14ClNO.C2H6/c14-13-8-12(7-6-10(13)9-15)16-11-4-2-1-3-5-11;1-2/h6-8,11H,1-5H2;1-2H3. The minimum atomic E-state index is 0.317. The van der Waals surface area contributed by atoms with E-state index in [1.165, 1.54) is 19.3 Å². The van der Waals surface area contributed by atoms with Crippen LogP contribution in [0.5, 0.6) is 5.75 Å². The Balaban J connectivity index is 0.000000771. The lowest BCUT2D eigenvalue weighted by atomic mass is 9.98. The number of rotatable bonds is 2. The van der Waals surface area contributed by atoms with Gasteiger partial charge >= 0.3 is 0 Å². The smallest absolute Gasteiger partial charge is 0.121 e. The zero-order valence-electron chi connectivity index (χ0n) is 11.1. The molecule has 0 spiro atoms. The van der Waals surface area contributed by atoms with Crippen molar-refractivity contribution in [2.75, 3.05) is 0 Å². The maximum absolute atomic E-state index is 8.76. The van der Waals surface area contributed by atoms with Crippen molar-refractivity contribution in [2.24, 2.45) is 0 Å². The minimum Gasteiger partial charge on any atom is -0.490 e. The van der Waals surface area contributed by atoms with Crippen molar-refractivity contribution in [3.63, 3.8) is 0 Å². The van der Waals surface area contributed by atoms with Gasteiger partial charge in [0.05, 0.1) is 16.7 Å². The van der Waals surface area contributed by atoms with E-state index in [2.05, 4.69) is 0 Å². The van der Waals surface area contributed by atoms with Crippen LogP contribution in [-0.4, -0.2) is 6.10 Å². The van der Waals surface area contributed by atoms with Crippen LogP contribution in [0.15, 0.2) is 18.2 Å². The number of nitriles is 1. The Kier molecular flexibility index (Phi) is 6.60. The molecular formula is C15H20ClNO. The lowest BCUT2D eigenvalue weighted by Crippen LogP contribution is -2.19. The first-order valence-corrected chi connectivity index (χ1v) is 7.03. The molecular weight excluding hydrogens is 246 g/mol. The molecule has 0 N–H and O–H groups in total. The summed E-state index contributed by atoms with van der Waals surface area (Å²) in [7, 11) is 0. The molecule has 3 heteroatoms. The van der Waals surface area contributed by atoms with Gasteiger partial charge in [0.1, 0.15) is 11.8 Å². The van der Waals surface area contributed by atoms with E-state index in [-0.39, 0.29) is 0 Å². The Bertz CT molecular complexity index is 405. The highest BCUT2D eigenvalue weighted by Crippen LogP contribution is 2.26. The summed E-state index contributed by atoms with van der Waals surface area (Å²) < 4.78 is 5.84. The summed E-state index contributed by atoms with van der Waals surface area (Å²) >= 11 is 5.94. The maximum atomic E-state index is 8.76. The molecule has 0 heterocycles. The van der Waals surface area contributed by atoms with Gasteiger partial charge in [-0.2, -0.15) is 5.26 Å². The Hall–Kier alpha value is -1.20. The van der Waals surface area contributed by atoms with Gasteiger partial charge in [0.15, 0.2) is 0 Å². The van der Waals surface area contributed by atoms with Gasteiger partial charge in [0.25, 0.3) is 0 Å². The van der Waals surface area contributed by atoms with Crippen LogP contribution in [-0.2, 0) is 0 Å². The highest BCUT2D eigenvalue weighted by molar-refractivity contribution is 6.31. The van der Waals surface area contributed by atoms with Crippen molar-refractivity contribution in [1.82, 2.24) is 0 Å². The molecule has 1 aromatic carbocycles. The van der Waals surface area contributed by atoms with Crippen molar-refractivity contribution in [1.29, 1.82) is 5.26 Å². The zero-order chi connectivity index (χ0) is 13.4. The first-order chi connectivity index (χ1) is 8.79. The Morgan fingerprint density at radius 3 is 2.44 bits per heavy atom. The number of hydrogen-bond donors (Lipinski definition) is 0. The average molecular weight is 266 g/mol. The van der Waals surface area contributed by atoms with Crippen LogP contribution < -0.4 is 4.74 Å². The summed E-state index contributed by atoms with van der Waals surface area (Å²) in [4.78, 5) is 0. The first-order valence-electron chi connectivity index (χ1n) is 6.66. The largest absolute Gasteiger partial charge is 0.490 e. The number of ether oxygens (including phenoxy) is 1. The van der Waals surface area contributed by atoms with Crippen LogP contribution in [0, 0.1) is 11.3 Å². The molecule has 18 heavy (non-hydrogen) atoms. The summed E-state index contributed by atoms with van der Waals surface area (Å²) in [5.41, 5.74) is 0.498. The van der Waals surface area contributed by atoms with Crippen LogP contribution in [0.3, 0.4) is 0 Å². The van der Waals surface area contributed by atoms with Gasteiger partial charge in [-0.25, -0.2) is 0 Å². The number of hydrogen-bond acceptors (Lipinski definition) is 2. The van der Waals surface area contributed by atoms with Gasteiger partial charge in [-0.15, -0.1) is 0 Å². The second kappa shape index (κ2) is 8.00. The molecule has 2 nitrogen and oxygen atoms in total. The van der Waals surface area contributed by atoms with E-state index in [0.717, 1.165) is 18.6 Å². The molecule has 0 aliphatic heterocycles. The minimum absolute atomic E-state index is 0.317. The SMILES string of the molecule is CC.N#Cc1ccc(OC2CCCCC2)cc1Cl. The molecule has 0 saturated heterocycles. The Morgan fingerprint density at radius 2 is 1.89 bits per heavy atom. The quantitative estimate of drug-likeness (QED) is 0.758. The molecule has 0 atom stereocenters. The third-order valence-electron chi connectivity index (χ3n) is 2.92. The topological polar surface area (TPSA) is 33.0 Å². The van der Waals surface area contributed by atoms with Crippen LogP contribution in [0.4, 0.5) is 0 Å². The molecule has 98 valence electrons. The fourth-order valence-corrected chi connectivity index (χ4v) is 2.25. The van der Waals surface area contributed by atoms with Gasteiger partial charge in [-0.3, -0.25) is 0 Å². The molecule has 0 bridgehead atoms. The molecule has 0 amide bonds. The monoisotopic (exact) mass is 265 g/mol. The highest BCUT2D eigenvalue weighted by atomic mass is 35.5. The predicted molar refractivity (Wildman–Crippen MR) is 75.0 cm³/mol. The highest BCUT2D eigenvalue weighted by Gasteiger charge is 2.15. The normalized spacial score (nSPS) is 15.2. The average Bonchev–Trinajstić information content (AvgIpc) is 2.42. The van der Waals surface area contributed by atoms with Crippen LogP contribution in [0.2, 0.25) is 5.02 Å². The molecule has 1 aromatic rings. The number of halogens is 1. The lowest BCUT2D eigenvalue weighted by Gasteiger charge is -2.23. The van der Waals surface area contributed by atoms with Gasteiger partial charge in [-0.05, 0) is 37.8 Å². The molecule has 0 aromatic heterocycles. The van der Waals surface area contributed by atoms with E-state index < -0.39 is 0 Å². The van der Waals surface area contributed by atoms with E-state index in [0.29, 0.717) is 16.7 Å². The second-order valence-corrected chi connectivity index (χ2v) is 4.54. The lowest BCUT2D eigenvalue weighted by molar-refractivity contribution is 0.155. The predicted octanol–water partition coefficient (Wildman–Crippen LogP) is 4.95. The summed E-state index contributed by atoms with van der Waals surface area (Å²) in [6.45, 7) is 4.00. The van der Waals surface area contributed by atoms with Crippen molar-refractivity contribution >= 4 is 11.6 Å². The molecule has 1 aliphatic rings. The van der Waals surface area contributed by atoms with Crippen molar-refractivity contribution in [3.05, 3.63) is 28.8 Å². The molecule has 1 aliphatic carbocycles. The van der Waals surface area contributed by atoms with E-state index in [4.69, 9.17) is 21.6 Å². The molecule has 2 rings (SSSR count). The molecule has 0 radical (unpaired) electrons. The third-order valence-corrected chi connectivity index (χ3v) is 3.23. The summed E-state index contributed by atoms with van der Waals surface area (Å²) in [6, 6.07) is 7.30. The van der Waals surface area contributed by atoms with Crippen LogP contribution in [0.25, 0.3) is 0 Å². The van der Waals surface area contributed by atoms with Gasteiger partial charge in [0, 0.05) is 6.07 Å². The van der Waals surface area contributed by atoms with Gasteiger partial charge in [0.2, 0.25) is 0 Å². The fourth-order valence-electron chi connectivity index (χ4n) is 2.04. The maximum Gasteiger partial charge on any atom is 0.121 e. The summed E-state index contributed by atoms with van der Waals surface area (Å²) in [6.07, 6.45) is 6.37. The van der Waals surface area contributed by atoms with Crippen LogP contribution >= 0.6 is 11.6 Å². The van der Waals surface area contributed by atoms with Gasteiger partial charge < -0.3 is 4.74 Å². The van der Waals surface area contributed by atoms with Crippen LogP contribution in [0.1, 0.15) is 51.5 Å².